The third-order valence-corrected chi connectivity index (χ3v) is 11.0. The summed E-state index contributed by atoms with van der Waals surface area (Å²) < 4.78 is 11.1. The number of carbonyl (C=O) groups is 2. The van der Waals surface area contributed by atoms with Crippen molar-refractivity contribution in [3.05, 3.63) is 35.4 Å². The van der Waals surface area contributed by atoms with Gasteiger partial charge in [0.25, 0.3) is 0 Å². The molecule has 6 nitrogen and oxygen atoms in total. The Morgan fingerprint density at radius 1 is 0.389 bits per heavy atom. The number of esters is 2. The van der Waals surface area contributed by atoms with Crippen molar-refractivity contribution >= 4 is 11.9 Å². The molecule has 0 saturated heterocycles. The number of nitrogens with zero attached hydrogens (tertiary/aromatic N) is 2. The molecule has 0 unspecified atom stereocenters. The molecule has 314 valence electrons. The number of carbonyl (C=O) groups excluding carboxylic acids is 2. The van der Waals surface area contributed by atoms with E-state index < -0.39 is 11.9 Å². The molecule has 1 aromatic carbocycles. The second-order valence-corrected chi connectivity index (χ2v) is 16.3. The first-order valence-electron chi connectivity index (χ1n) is 23.3. The van der Waals surface area contributed by atoms with Gasteiger partial charge in [-0.3, -0.25) is 0 Å². The second-order valence-electron chi connectivity index (χ2n) is 16.3. The van der Waals surface area contributed by atoms with Gasteiger partial charge in [0.05, 0.1) is 24.3 Å². The summed E-state index contributed by atoms with van der Waals surface area (Å²) in [6, 6.07) is 6.86. The lowest BCUT2D eigenvalue weighted by Crippen LogP contribution is -2.21. The number of benzene rings is 1. The van der Waals surface area contributed by atoms with Crippen LogP contribution in [0.2, 0.25) is 0 Å². The van der Waals surface area contributed by atoms with Crippen LogP contribution in [0.5, 0.6) is 0 Å². The first-order valence-corrected chi connectivity index (χ1v) is 23.3. The maximum Gasteiger partial charge on any atom is 0.339 e. The van der Waals surface area contributed by atoms with Gasteiger partial charge >= 0.3 is 11.9 Å². The fraction of sp³-hybridized carbons (Fsp3) is 0.833. The summed E-state index contributed by atoms with van der Waals surface area (Å²) in [4.78, 5) is 30.5. The largest absolute Gasteiger partial charge is 0.462 e. The molecule has 0 N–H and O–H groups in total. The first-order chi connectivity index (χ1) is 26.5. The van der Waals surface area contributed by atoms with Gasteiger partial charge in [0.15, 0.2) is 0 Å². The highest BCUT2D eigenvalue weighted by atomic mass is 16.5. The molecule has 0 spiro atoms. The summed E-state index contributed by atoms with van der Waals surface area (Å²) in [7, 11) is 4.38. The molecule has 6 heteroatoms. The van der Waals surface area contributed by atoms with Crippen molar-refractivity contribution < 1.29 is 19.1 Å². The van der Waals surface area contributed by atoms with Gasteiger partial charge in [0.1, 0.15) is 0 Å². The topological polar surface area (TPSA) is 59.1 Å². The smallest absolute Gasteiger partial charge is 0.339 e. The maximum absolute atomic E-state index is 12.9. The zero-order chi connectivity index (χ0) is 39.2. The van der Waals surface area contributed by atoms with E-state index in [2.05, 4.69) is 37.7 Å². The van der Waals surface area contributed by atoms with Crippen LogP contribution in [0.3, 0.4) is 0 Å². The second kappa shape index (κ2) is 38.0. The van der Waals surface area contributed by atoms with Crippen LogP contribution >= 0.6 is 0 Å². The van der Waals surface area contributed by atoms with E-state index in [1.54, 1.807) is 24.3 Å². The molecule has 0 aliphatic carbocycles. The molecule has 1 aromatic rings. The zero-order valence-electron chi connectivity index (χ0n) is 36.3. The predicted octanol–water partition coefficient (Wildman–Crippen LogP) is 13.6. The molecule has 0 aromatic heterocycles. The van der Waals surface area contributed by atoms with Gasteiger partial charge in [-0.15, -0.1) is 0 Å². The standard InChI is InChI=1S/C48H88N2O4/c1-5-7-9-11-13-15-17-19-21-23-25-27-31-39-49(3)41-33-35-43-53-47(51)45-37-29-30-38-46(45)48(52)54-44-36-34-42-50(4)40-32-28-26-24-22-20-18-16-14-12-10-8-6-2/h29-30,37-38H,5-28,31-36,39-44H2,1-4H3. The molecule has 1 rings (SSSR count). The van der Waals surface area contributed by atoms with Gasteiger partial charge in [-0.2, -0.15) is 0 Å². The number of unbranched alkanes of at least 4 members (excludes halogenated alkanes) is 26. The van der Waals surface area contributed by atoms with Crippen LogP contribution in [0.15, 0.2) is 24.3 Å². The molecule has 0 saturated carbocycles. The van der Waals surface area contributed by atoms with E-state index in [-0.39, 0.29) is 0 Å². The van der Waals surface area contributed by atoms with E-state index in [4.69, 9.17) is 9.47 Å². The van der Waals surface area contributed by atoms with E-state index in [0.717, 1.165) is 51.9 Å². The monoisotopic (exact) mass is 757 g/mol. The van der Waals surface area contributed by atoms with E-state index in [9.17, 15) is 9.59 Å². The van der Waals surface area contributed by atoms with Crippen LogP contribution in [0, 0.1) is 0 Å². The minimum Gasteiger partial charge on any atom is -0.462 e. The summed E-state index contributed by atoms with van der Waals surface area (Å²) in [6.07, 6.45) is 39.5. The molecule has 0 heterocycles. The summed E-state index contributed by atoms with van der Waals surface area (Å²) in [5.74, 6) is -0.893. The maximum atomic E-state index is 12.9. The van der Waals surface area contributed by atoms with Gasteiger partial charge in [0.2, 0.25) is 0 Å². The summed E-state index contributed by atoms with van der Waals surface area (Å²) in [5.41, 5.74) is 0.583. The molecule has 0 aliphatic rings. The highest BCUT2D eigenvalue weighted by molar-refractivity contribution is 6.03. The van der Waals surface area contributed by atoms with Crippen molar-refractivity contribution in [3.8, 4) is 0 Å². The lowest BCUT2D eigenvalue weighted by Gasteiger charge is -2.16. The Morgan fingerprint density at radius 3 is 0.907 bits per heavy atom. The Labute approximate surface area is 335 Å². The Hall–Kier alpha value is -1.92. The molecule has 0 bridgehead atoms. The highest BCUT2D eigenvalue weighted by Crippen LogP contribution is 2.16. The molecule has 0 aliphatic heterocycles. The van der Waals surface area contributed by atoms with Gasteiger partial charge in [-0.05, 0) is 90.9 Å². The van der Waals surface area contributed by atoms with Gasteiger partial charge in [-0.1, -0.05) is 180 Å². The number of hydrogen-bond acceptors (Lipinski definition) is 6. The van der Waals surface area contributed by atoms with Crippen LogP contribution < -0.4 is 0 Å². The van der Waals surface area contributed by atoms with E-state index >= 15 is 0 Å². The Kier molecular flexibility index (Phi) is 35.2. The fourth-order valence-electron chi connectivity index (χ4n) is 7.31. The van der Waals surface area contributed by atoms with Gasteiger partial charge in [-0.25, -0.2) is 9.59 Å². The summed E-state index contributed by atoms with van der Waals surface area (Å²) >= 11 is 0. The highest BCUT2D eigenvalue weighted by Gasteiger charge is 2.19. The van der Waals surface area contributed by atoms with Crippen molar-refractivity contribution in [1.29, 1.82) is 0 Å². The third-order valence-electron chi connectivity index (χ3n) is 11.0. The minimum absolute atomic E-state index is 0.291. The Morgan fingerprint density at radius 2 is 0.630 bits per heavy atom. The Balaban J connectivity index is 2.04. The number of hydrogen-bond donors (Lipinski definition) is 0. The van der Waals surface area contributed by atoms with Crippen molar-refractivity contribution in [2.24, 2.45) is 0 Å². The van der Waals surface area contributed by atoms with Gasteiger partial charge < -0.3 is 19.3 Å². The molecule has 0 atom stereocenters. The van der Waals surface area contributed by atoms with Crippen molar-refractivity contribution in [3.63, 3.8) is 0 Å². The molecule has 0 amide bonds. The zero-order valence-corrected chi connectivity index (χ0v) is 36.3. The lowest BCUT2D eigenvalue weighted by molar-refractivity contribution is 0.0448. The normalized spacial score (nSPS) is 11.5. The number of ether oxygens (including phenoxy) is 2. The van der Waals surface area contributed by atoms with Crippen LogP contribution in [0.25, 0.3) is 0 Å². The summed E-state index contributed by atoms with van der Waals surface area (Å²) in [5, 5.41) is 0. The minimum atomic E-state index is -0.447. The van der Waals surface area contributed by atoms with Crippen molar-refractivity contribution in [2.75, 3.05) is 53.5 Å². The molecule has 54 heavy (non-hydrogen) atoms. The quantitative estimate of drug-likeness (QED) is 0.0491. The van der Waals surface area contributed by atoms with E-state index in [1.165, 1.54) is 167 Å². The fourth-order valence-corrected chi connectivity index (χ4v) is 7.31. The lowest BCUT2D eigenvalue weighted by atomic mass is 10.0. The third kappa shape index (κ3) is 30.3. The SMILES string of the molecule is CCCCCCCCCCCCCCCN(C)CCCCOC(=O)c1ccccc1C(=O)OCCCCN(C)CCCCCCCCCCCCCCC. The number of rotatable bonds is 40. The van der Waals surface area contributed by atoms with Crippen LogP contribution in [0.4, 0.5) is 0 Å². The van der Waals surface area contributed by atoms with Gasteiger partial charge in [0, 0.05) is 0 Å². The van der Waals surface area contributed by atoms with Crippen molar-refractivity contribution in [2.45, 2.75) is 206 Å². The first kappa shape index (κ1) is 50.1. The average Bonchev–Trinajstić information content (AvgIpc) is 3.18. The Bertz CT molecular complexity index is 908. The van der Waals surface area contributed by atoms with Crippen LogP contribution in [-0.4, -0.2) is 75.2 Å². The predicted molar refractivity (Wildman–Crippen MR) is 232 cm³/mol. The summed E-state index contributed by atoms with van der Waals surface area (Å²) in [6.45, 7) is 9.56. The molecule has 0 radical (unpaired) electrons. The molecule has 0 fully saturated rings. The molecular weight excluding hydrogens is 669 g/mol. The van der Waals surface area contributed by atoms with E-state index in [0.29, 0.717) is 24.3 Å². The van der Waals surface area contributed by atoms with Crippen LogP contribution in [-0.2, 0) is 9.47 Å². The average molecular weight is 757 g/mol. The van der Waals surface area contributed by atoms with Crippen LogP contribution in [0.1, 0.15) is 227 Å². The van der Waals surface area contributed by atoms with E-state index in [1.807, 2.05) is 0 Å². The van der Waals surface area contributed by atoms with Crippen molar-refractivity contribution in [1.82, 2.24) is 9.80 Å². The molecular formula is C48H88N2O4.